The first kappa shape index (κ1) is 23.8. The van der Waals surface area contributed by atoms with Gasteiger partial charge in [0.1, 0.15) is 12.4 Å². The molecule has 34 heavy (non-hydrogen) atoms. The molecule has 1 fully saturated rings. The van der Waals surface area contributed by atoms with E-state index in [9.17, 15) is 14.0 Å². The van der Waals surface area contributed by atoms with Gasteiger partial charge in [0.15, 0.2) is 5.82 Å². The van der Waals surface area contributed by atoms with Gasteiger partial charge in [-0.05, 0) is 61.2 Å². The van der Waals surface area contributed by atoms with E-state index in [1.54, 1.807) is 23.1 Å². The largest absolute Gasteiger partial charge is 0.352 e. The van der Waals surface area contributed by atoms with Crippen LogP contribution in [0.1, 0.15) is 29.9 Å². The number of carbonyl (C=O) groups is 2. The second-order valence-electron chi connectivity index (χ2n) is 8.32. The van der Waals surface area contributed by atoms with Gasteiger partial charge >= 0.3 is 0 Å². The number of piperazine rings is 1. The number of thiophene rings is 1. The lowest BCUT2D eigenvalue weighted by molar-refractivity contribution is -0.132. The third kappa shape index (κ3) is 5.41. The molecule has 0 saturated carbocycles. The summed E-state index contributed by atoms with van der Waals surface area (Å²) in [4.78, 5) is 32.2. The van der Waals surface area contributed by atoms with Crippen LogP contribution in [0, 0.1) is 5.82 Å². The van der Waals surface area contributed by atoms with Crippen molar-refractivity contribution >= 4 is 29.0 Å². The fraction of sp³-hybridized carbons (Fsp3) is 0.360. The molecule has 3 heterocycles. The summed E-state index contributed by atoms with van der Waals surface area (Å²) >= 11 is 1.40. The minimum atomic E-state index is -0.288. The van der Waals surface area contributed by atoms with Crippen LogP contribution in [-0.4, -0.2) is 70.6 Å². The van der Waals surface area contributed by atoms with E-state index >= 15 is 0 Å². The maximum atomic E-state index is 13.1. The molecule has 0 aliphatic carbocycles. The van der Waals surface area contributed by atoms with Gasteiger partial charge in [-0.1, -0.05) is 13.0 Å². The van der Waals surface area contributed by atoms with Crippen molar-refractivity contribution in [2.75, 3.05) is 37.6 Å². The molecule has 0 spiro atoms. The van der Waals surface area contributed by atoms with Crippen molar-refractivity contribution in [3.63, 3.8) is 0 Å². The average molecular weight is 482 g/mol. The fourth-order valence-corrected chi connectivity index (χ4v) is 4.57. The Morgan fingerprint density at radius 2 is 1.79 bits per heavy atom. The zero-order valence-corrected chi connectivity index (χ0v) is 20.2. The fourth-order valence-electron chi connectivity index (χ4n) is 3.89. The smallest absolute Gasteiger partial charge is 0.264 e. The van der Waals surface area contributed by atoms with E-state index in [1.807, 2.05) is 42.3 Å². The van der Waals surface area contributed by atoms with Crippen LogP contribution >= 0.6 is 11.3 Å². The summed E-state index contributed by atoms with van der Waals surface area (Å²) < 4.78 is 13.1. The lowest BCUT2D eigenvalue weighted by atomic mass is 10.1. The zero-order chi connectivity index (χ0) is 24.1. The minimum Gasteiger partial charge on any atom is -0.352 e. The molecule has 178 valence electrons. The Morgan fingerprint density at radius 3 is 2.38 bits per heavy atom. The Labute approximate surface area is 202 Å². The van der Waals surface area contributed by atoms with Crippen LogP contribution < -0.4 is 4.90 Å². The predicted octanol–water partition coefficient (Wildman–Crippen LogP) is 3.93. The second kappa shape index (κ2) is 10.7. The van der Waals surface area contributed by atoms with E-state index in [1.165, 1.54) is 23.5 Å². The topological polar surface area (TPSA) is 69.6 Å². The lowest BCUT2D eigenvalue weighted by Crippen LogP contribution is -2.53. The minimum absolute atomic E-state index is 0.0188. The van der Waals surface area contributed by atoms with Crippen LogP contribution in [0.25, 0.3) is 11.3 Å². The van der Waals surface area contributed by atoms with Crippen LogP contribution in [0.15, 0.2) is 53.9 Å². The first-order chi connectivity index (χ1) is 16.5. The zero-order valence-electron chi connectivity index (χ0n) is 19.4. The monoisotopic (exact) mass is 481 g/mol. The Balaban J connectivity index is 1.34. The van der Waals surface area contributed by atoms with E-state index in [0.717, 1.165) is 17.8 Å². The SMILES string of the molecule is CC[C@@H](C)N(CC(=O)N1CCN(c2ccc(-c3ccc(F)cc3)nn2)CC1)C(=O)c1cccs1. The number of nitrogens with zero attached hydrogens (tertiary/aromatic N) is 5. The van der Waals surface area contributed by atoms with Gasteiger partial charge in [0.25, 0.3) is 5.91 Å². The summed E-state index contributed by atoms with van der Waals surface area (Å²) in [5.41, 5.74) is 1.48. The van der Waals surface area contributed by atoms with Gasteiger partial charge in [-0.2, -0.15) is 0 Å². The van der Waals surface area contributed by atoms with Crippen molar-refractivity contribution in [2.45, 2.75) is 26.3 Å². The third-order valence-electron chi connectivity index (χ3n) is 6.17. The second-order valence-corrected chi connectivity index (χ2v) is 9.27. The highest BCUT2D eigenvalue weighted by atomic mass is 32.1. The number of amides is 2. The lowest BCUT2D eigenvalue weighted by Gasteiger charge is -2.37. The molecular formula is C25H28FN5O2S. The Hall–Kier alpha value is -3.33. The molecule has 1 aromatic carbocycles. The van der Waals surface area contributed by atoms with Gasteiger partial charge in [-0.3, -0.25) is 9.59 Å². The molecule has 2 aromatic heterocycles. The summed E-state index contributed by atoms with van der Waals surface area (Å²) in [6.07, 6.45) is 0.782. The molecule has 2 amide bonds. The first-order valence-electron chi connectivity index (χ1n) is 11.4. The standard InChI is InChI=1S/C25H28FN5O2S/c1-3-18(2)31(25(33)22-5-4-16-34-22)17-24(32)30-14-12-29(13-15-30)23-11-10-21(27-28-23)19-6-8-20(26)9-7-19/h4-11,16,18H,3,12-15,17H2,1-2H3/t18-/m1/s1. The van der Waals surface area contributed by atoms with Gasteiger partial charge in [-0.25, -0.2) is 4.39 Å². The summed E-state index contributed by atoms with van der Waals surface area (Å²) in [6.45, 7) is 6.47. The Bertz CT molecular complexity index is 1100. The number of halogens is 1. The predicted molar refractivity (Wildman–Crippen MR) is 131 cm³/mol. The van der Waals surface area contributed by atoms with Gasteiger partial charge < -0.3 is 14.7 Å². The normalized spacial score (nSPS) is 14.7. The molecule has 7 nitrogen and oxygen atoms in total. The van der Waals surface area contributed by atoms with Crippen molar-refractivity contribution in [1.29, 1.82) is 0 Å². The molecular weight excluding hydrogens is 453 g/mol. The van der Waals surface area contributed by atoms with Crippen molar-refractivity contribution < 1.29 is 14.0 Å². The number of hydrogen-bond donors (Lipinski definition) is 0. The molecule has 3 aromatic rings. The van der Waals surface area contributed by atoms with E-state index in [4.69, 9.17) is 0 Å². The molecule has 0 radical (unpaired) electrons. The molecule has 0 N–H and O–H groups in total. The van der Waals surface area contributed by atoms with Crippen molar-refractivity contribution in [3.05, 3.63) is 64.6 Å². The highest BCUT2D eigenvalue weighted by molar-refractivity contribution is 7.12. The van der Waals surface area contributed by atoms with Crippen LogP contribution in [0.5, 0.6) is 0 Å². The number of carbonyl (C=O) groups excluding carboxylic acids is 2. The molecule has 0 unspecified atom stereocenters. The number of anilines is 1. The van der Waals surface area contributed by atoms with Crippen LogP contribution in [-0.2, 0) is 4.79 Å². The summed E-state index contributed by atoms with van der Waals surface area (Å²) in [5.74, 6) is 0.325. The van der Waals surface area contributed by atoms with Gasteiger partial charge in [0, 0.05) is 37.8 Å². The summed E-state index contributed by atoms with van der Waals surface area (Å²) in [7, 11) is 0. The third-order valence-corrected chi connectivity index (χ3v) is 7.03. The van der Waals surface area contributed by atoms with Gasteiger partial charge in [-0.15, -0.1) is 21.5 Å². The first-order valence-corrected chi connectivity index (χ1v) is 12.3. The van der Waals surface area contributed by atoms with Crippen molar-refractivity contribution in [2.24, 2.45) is 0 Å². The van der Waals surface area contributed by atoms with Crippen molar-refractivity contribution in [3.8, 4) is 11.3 Å². The van der Waals surface area contributed by atoms with E-state index < -0.39 is 0 Å². The van der Waals surface area contributed by atoms with Gasteiger partial charge in [0.2, 0.25) is 5.91 Å². The Morgan fingerprint density at radius 1 is 1.06 bits per heavy atom. The van der Waals surface area contributed by atoms with Crippen LogP contribution in [0.4, 0.5) is 10.2 Å². The molecule has 1 saturated heterocycles. The van der Waals surface area contributed by atoms with E-state index in [-0.39, 0.29) is 30.2 Å². The highest BCUT2D eigenvalue weighted by Crippen LogP contribution is 2.20. The number of aromatic nitrogens is 2. The number of benzene rings is 1. The molecule has 9 heteroatoms. The maximum Gasteiger partial charge on any atom is 0.264 e. The van der Waals surface area contributed by atoms with E-state index in [2.05, 4.69) is 15.1 Å². The molecule has 4 rings (SSSR count). The Kier molecular flexibility index (Phi) is 7.52. The molecule has 1 aliphatic heterocycles. The van der Waals surface area contributed by atoms with Crippen molar-refractivity contribution in [1.82, 2.24) is 20.0 Å². The molecule has 1 aliphatic rings. The molecule has 1 atom stereocenters. The highest BCUT2D eigenvalue weighted by Gasteiger charge is 2.28. The summed E-state index contributed by atoms with van der Waals surface area (Å²) in [5, 5.41) is 10.5. The number of hydrogen-bond acceptors (Lipinski definition) is 6. The van der Waals surface area contributed by atoms with E-state index in [0.29, 0.717) is 36.8 Å². The van der Waals surface area contributed by atoms with Gasteiger partial charge in [0.05, 0.1) is 10.6 Å². The van der Waals surface area contributed by atoms with Crippen LogP contribution in [0.2, 0.25) is 0 Å². The van der Waals surface area contributed by atoms with Crippen LogP contribution in [0.3, 0.4) is 0 Å². The maximum absolute atomic E-state index is 13.1. The molecule has 0 bridgehead atoms. The number of rotatable bonds is 7. The average Bonchev–Trinajstić information content (AvgIpc) is 3.42. The quantitative estimate of drug-likeness (QED) is 0.511. The summed E-state index contributed by atoms with van der Waals surface area (Å²) in [6, 6.07) is 13.5.